The highest BCUT2D eigenvalue weighted by Crippen LogP contribution is 2.21. The molecule has 1 aliphatic rings. The summed E-state index contributed by atoms with van der Waals surface area (Å²) in [6.07, 6.45) is 1.63. The lowest BCUT2D eigenvalue weighted by Gasteiger charge is -1.96. The van der Waals surface area contributed by atoms with E-state index in [9.17, 15) is 4.79 Å². The van der Waals surface area contributed by atoms with Gasteiger partial charge in [0.1, 0.15) is 5.69 Å². The standard InChI is InChI=1S/C8H7NO2/c10-5-7-2-1-6-3-4-11-8(6)9-7/h1-2,5H,3-4H2. The molecule has 0 atom stereocenters. The molecule has 2 heterocycles. The van der Waals surface area contributed by atoms with Gasteiger partial charge >= 0.3 is 0 Å². The van der Waals surface area contributed by atoms with Gasteiger partial charge in [-0.1, -0.05) is 6.07 Å². The van der Waals surface area contributed by atoms with Gasteiger partial charge in [-0.25, -0.2) is 4.98 Å². The highest BCUT2D eigenvalue weighted by Gasteiger charge is 2.12. The number of hydrogen-bond acceptors (Lipinski definition) is 3. The number of nitrogens with zero attached hydrogens (tertiary/aromatic N) is 1. The van der Waals surface area contributed by atoms with Crippen LogP contribution in [0.2, 0.25) is 0 Å². The Bertz CT molecular complexity index is 296. The van der Waals surface area contributed by atoms with Crippen molar-refractivity contribution in [3.05, 3.63) is 23.4 Å². The molecule has 0 aliphatic carbocycles. The van der Waals surface area contributed by atoms with Crippen LogP contribution in [0, 0.1) is 0 Å². The SMILES string of the molecule is O=Cc1ccc2c(n1)OCC2. The first-order chi connectivity index (χ1) is 5.40. The summed E-state index contributed by atoms with van der Waals surface area (Å²) in [5, 5.41) is 0. The van der Waals surface area contributed by atoms with E-state index in [1.807, 2.05) is 6.07 Å². The van der Waals surface area contributed by atoms with Gasteiger partial charge in [-0.3, -0.25) is 4.79 Å². The molecule has 3 heteroatoms. The van der Waals surface area contributed by atoms with Crippen LogP contribution < -0.4 is 4.74 Å². The van der Waals surface area contributed by atoms with Crippen LogP contribution in [0.4, 0.5) is 0 Å². The predicted octanol–water partition coefficient (Wildman–Crippen LogP) is 0.829. The molecule has 0 radical (unpaired) electrons. The summed E-state index contributed by atoms with van der Waals surface area (Å²) in [7, 11) is 0. The van der Waals surface area contributed by atoms with Gasteiger partial charge in [-0.2, -0.15) is 0 Å². The van der Waals surface area contributed by atoms with Crippen LogP contribution in [0.3, 0.4) is 0 Å². The van der Waals surface area contributed by atoms with E-state index < -0.39 is 0 Å². The molecule has 3 nitrogen and oxygen atoms in total. The first-order valence-electron chi connectivity index (χ1n) is 3.48. The lowest BCUT2D eigenvalue weighted by atomic mass is 10.2. The highest BCUT2D eigenvalue weighted by molar-refractivity contribution is 5.72. The Kier molecular flexibility index (Phi) is 1.35. The maximum Gasteiger partial charge on any atom is 0.217 e. The second-order valence-electron chi connectivity index (χ2n) is 2.42. The fourth-order valence-electron chi connectivity index (χ4n) is 1.12. The van der Waals surface area contributed by atoms with Crippen LogP contribution in [-0.4, -0.2) is 17.9 Å². The Balaban J connectivity index is 2.48. The molecule has 0 spiro atoms. The van der Waals surface area contributed by atoms with E-state index in [4.69, 9.17) is 4.74 Å². The summed E-state index contributed by atoms with van der Waals surface area (Å²) >= 11 is 0. The van der Waals surface area contributed by atoms with Crippen molar-refractivity contribution in [2.24, 2.45) is 0 Å². The second kappa shape index (κ2) is 2.34. The Hall–Kier alpha value is -1.38. The zero-order valence-electron chi connectivity index (χ0n) is 5.91. The summed E-state index contributed by atoms with van der Waals surface area (Å²) in [4.78, 5) is 14.3. The third kappa shape index (κ3) is 0.981. The third-order valence-electron chi connectivity index (χ3n) is 1.69. The smallest absolute Gasteiger partial charge is 0.217 e. The van der Waals surface area contributed by atoms with Gasteiger partial charge < -0.3 is 4.74 Å². The Morgan fingerprint density at radius 2 is 2.45 bits per heavy atom. The molecule has 1 aromatic rings. The molecule has 0 saturated carbocycles. The monoisotopic (exact) mass is 149 g/mol. The number of fused-ring (bicyclic) bond motifs is 1. The molecule has 0 bridgehead atoms. The quantitative estimate of drug-likeness (QED) is 0.555. The number of pyridine rings is 1. The van der Waals surface area contributed by atoms with Crippen molar-refractivity contribution in [1.29, 1.82) is 0 Å². The van der Waals surface area contributed by atoms with Crippen LogP contribution in [0.15, 0.2) is 12.1 Å². The topological polar surface area (TPSA) is 39.2 Å². The lowest BCUT2D eigenvalue weighted by Crippen LogP contribution is -1.90. The molecule has 56 valence electrons. The number of hydrogen-bond donors (Lipinski definition) is 0. The van der Waals surface area contributed by atoms with Crippen molar-refractivity contribution in [3.63, 3.8) is 0 Å². The van der Waals surface area contributed by atoms with Gasteiger partial charge in [0.15, 0.2) is 6.29 Å². The van der Waals surface area contributed by atoms with E-state index in [2.05, 4.69) is 4.98 Å². The lowest BCUT2D eigenvalue weighted by molar-refractivity contribution is 0.111. The van der Waals surface area contributed by atoms with Gasteiger partial charge in [0.25, 0.3) is 0 Å². The van der Waals surface area contributed by atoms with Gasteiger partial charge in [-0.05, 0) is 6.07 Å². The van der Waals surface area contributed by atoms with Crippen molar-refractivity contribution in [3.8, 4) is 5.88 Å². The largest absolute Gasteiger partial charge is 0.477 e. The minimum absolute atomic E-state index is 0.436. The van der Waals surface area contributed by atoms with E-state index in [1.165, 1.54) is 0 Å². The van der Waals surface area contributed by atoms with Crippen LogP contribution in [0.25, 0.3) is 0 Å². The maximum absolute atomic E-state index is 10.3. The third-order valence-corrected chi connectivity index (χ3v) is 1.69. The average molecular weight is 149 g/mol. The fourth-order valence-corrected chi connectivity index (χ4v) is 1.12. The molecule has 0 saturated heterocycles. The van der Waals surface area contributed by atoms with Gasteiger partial charge in [0.2, 0.25) is 5.88 Å². The molecule has 0 unspecified atom stereocenters. The molecular formula is C8H7NO2. The number of rotatable bonds is 1. The minimum Gasteiger partial charge on any atom is -0.477 e. The zero-order valence-corrected chi connectivity index (χ0v) is 5.91. The zero-order chi connectivity index (χ0) is 7.68. The number of carbonyl (C=O) groups excluding carboxylic acids is 1. The summed E-state index contributed by atoms with van der Waals surface area (Å²) in [6.45, 7) is 0.685. The van der Waals surface area contributed by atoms with E-state index in [-0.39, 0.29) is 0 Å². The van der Waals surface area contributed by atoms with Crippen molar-refractivity contribution in [2.45, 2.75) is 6.42 Å². The summed E-state index contributed by atoms with van der Waals surface area (Å²) in [6, 6.07) is 3.60. The molecule has 0 fully saturated rings. The summed E-state index contributed by atoms with van der Waals surface area (Å²) in [5.41, 5.74) is 1.53. The van der Waals surface area contributed by atoms with E-state index >= 15 is 0 Å². The van der Waals surface area contributed by atoms with E-state index in [0.29, 0.717) is 18.2 Å². The summed E-state index contributed by atoms with van der Waals surface area (Å²) in [5.74, 6) is 0.620. The molecule has 2 rings (SSSR count). The second-order valence-corrected chi connectivity index (χ2v) is 2.42. The van der Waals surface area contributed by atoms with Crippen LogP contribution in [0.5, 0.6) is 5.88 Å². The molecule has 0 N–H and O–H groups in total. The number of aldehydes is 1. The predicted molar refractivity (Wildman–Crippen MR) is 38.8 cm³/mol. The fraction of sp³-hybridized carbons (Fsp3) is 0.250. The van der Waals surface area contributed by atoms with Gasteiger partial charge in [0.05, 0.1) is 6.61 Å². The molecule has 0 aromatic carbocycles. The van der Waals surface area contributed by atoms with Crippen molar-refractivity contribution >= 4 is 6.29 Å². The number of aromatic nitrogens is 1. The molecule has 0 amide bonds. The first-order valence-corrected chi connectivity index (χ1v) is 3.48. The van der Waals surface area contributed by atoms with Crippen LogP contribution in [-0.2, 0) is 6.42 Å². The van der Waals surface area contributed by atoms with E-state index in [0.717, 1.165) is 18.3 Å². The van der Waals surface area contributed by atoms with Crippen molar-refractivity contribution in [2.75, 3.05) is 6.61 Å². The Morgan fingerprint density at radius 1 is 1.55 bits per heavy atom. The molecule has 1 aromatic heterocycles. The minimum atomic E-state index is 0.436. The molecule has 11 heavy (non-hydrogen) atoms. The number of carbonyl (C=O) groups is 1. The first kappa shape index (κ1) is 6.34. The summed E-state index contributed by atoms with van der Waals surface area (Å²) < 4.78 is 5.17. The average Bonchev–Trinajstić information content (AvgIpc) is 2.50. The maximum atomic E-state index is 10.3. The Morgan fingerprint density at radius 3 is 3.27 bits per heavy atom. The highest BCUT2D eigenvalue weighted by atomic mass is 16.5. The van der Waals surface area contributed by atoms with Crippen LogP contribution in [0.1, 0.15) is 16.1 Å². The van der Waals surface area contributed by atoms with Crippen LogP contribution >= 0.6 is 0 Å². The van der Waals surface area contributed by atoms with Gasteiger partial charge in [0, 0.05) is 12.0 Å². The van der Waals surface area contributed by atoms with Crippen molar-refractivity contribution < 1.29 is 9.53 Å². The Labute approximate surface area is 64.0 Å². The normalized spacial score (nSPS) is 13.8. The number of ether oxygens (including phenoxy) is 1. The molecule has 1 aliphatic heterocycles. The van der Waals surface area contributed by atoms with Gasteiger partial charge in [-0.15, -0.1) is 0 Å². The molecular weight excluding hydrogens is 142 g/mol. The van der Waals surface area contributed by atoms with Crippen molar-refractivity contribution in [1.82, 2.24) is 4.98 Å². The van der Waals surface area contributed by atoms with E-state index in [1.54, 1.807) is 6.07 Å².